The molecule has 13 heavy (non-hydrogen) atoms. The molecule has 0 aliphatic rings. The molecule has 0 fully saturated rings. The number of hydrogen-bond acceptors (Lipinski definition) is 3. The maximum absolute atomic E-state index is 9.21. The van der Waals surface area contributed by atoms with E-state index in [1.807, 2.05) is 6.92 Å². The van der Waals surface area contributed by atoms with E-state index < -0.39 is 5.41 Å². The fourth-order valence-corrected chi connectivity index (χ4v) is 1.51. The smallest absolute Gasteiger partial charge is 0.0566 e. The molecule has 0 aromatic heterocycles. The van der Waals surface area contributed by atoms with Crippen molar-refractivity contribution < 1.29 is 14.9 Å². The van der Waals surface area contributed by atoms with Gasteiger partial charge >= 0.3 is 0 Å². The lowest BCUT2D eigenvalue weighted by Crippen LogP contribution is -2.36. The highest BCUT2D eigenvalue weighted by Crippen LogP contribution is 2.25. The molecule has 3 nitrogen and oxygen atoms in total. The van der Waals surface area contributed by atoms with Gasteiger partial charge in [-0.15, -0.1) is 0 Å². The summed E-state index contributed by atoms with van der Waals surface area (Å²) in [6.07, 6.45) is 0.792. The fourth-order valence-electron chi connectivity index (χ4n) is 1.51. The van der Waals surface area contributed by atoms with Crippen LogP contribution in [-0.4, -0.2) is 36.6 Å². The molecule has 0 atom stereocenters. The number of ether oxygens (including phenoxy) is 1. The Morgan fingerprint density at radius 1 is 1.23 bits per heavy atom. The van der Waals surface area contributed by atoms with Gasteiger partial charge in [0, 0.05) is 12.0 Å². The van der Waals surface area contributed by atoms with E-state index in [1.54, 1.807) is 0 Å². The zero-order chi connectivity index (χ0) is 10.3. The Kier molecular flexibility index (Phi) is 6.29. The van der Waals surface area contributed by atoms with E-state index in [1.165, 1.54) is 0 Å². The van der Waals surface area contributed by atoms with Gasteiger partial charge in [-0.2, -0.15) is 0 Å². The van der Waals surface area contributed by atoms with Crippen molar-refractivity contribution in [1.82, 2.24) is 0 Å². The van der Waals surface area contributed by atoms with Gasteiger partial charge in [-0.1, -0.05) is 13.8 Å². The largest absolute Gasteiger partial charge is 0.396 e. The number of aliphatic hydroxyl groups excluding tert-OH is 2. The Morgan fingerprint density at radius 2 is 1.77 bits per heavy atom. The molecule has 0 saturated heterocycles. The minimum absolute atomic E-state index is 0.0122. The molecule has 0 heterocycles. The average molecular weight is 190 g/mol. The second kappa shape index (κ2) is 6.35. The first-order chi connectivity index (χ1) is 6.10. The number of rotatable bonds is 7. The van der Waals surface area contributed by atoms with Crippen molar-refractivity contribution >= 4 is 0 Å². The summed E-state index contributed by atoms with van der Waals surface area (Å²) in [6, 6.07) is 0. The van der Waals surface area contributed by atoms with Crippen LogP contribution in [0.15, 0.2) is 0 Å². The molecule has 0 aliphatic heterocycles. The van der Waals surface area contributed by atoms with E-state index in [-0.39, 0.29) is 13.2 Å². The predicted octanol–water partition coefficient (Wildman–Crippen LogP) is 1.04. The minimum atomic E-state index is -0.454. The van der Waals surface area contributed by atoms with Gasteiger partial charge in [-0.3, -0.25) is 0 Å². The first kappa shape index (κ1) is 12.9. The van der Waals surface area contributed by atoms with Crippen molar-refractivity contribution in [2.75, 3.05) is 26.4 Å². The van der Waals surface area contributed by atoms with Crippen LogP contribution in [0.3, 0.4) is 0 Å². The van der Waals surface area contributed by atoms with Crippen LogP contribution < -0.4 is 0 Å². The Balaban J connectivity index is 4.13. The van der Waals surface area contributed by atoms with E-state index in [9.17, 15) is 10.2 Å². The summed E-state index contributed by atoms with van der Waals surface area (Å²) in [6.45, 7) is 7.10. The molecule has 0 rings (SSSR count). The minimum Gasteiger partial charge on any atom is -0.396 e. The van der Waals surface area contributed by atoms with Crippen molar-refractivity contribution in [3.8, 4) is 0 Å². The summed E-state index contributed by atoms with van der Waals surface area (Å²) >= 11 is 0. The second-order valence-electron chi connectivity index (χ2n) is 4.05. The van der Waals surface area contributed by atoms with E-state index in [2.05, 4.69) is 13.8 Å². The van der Waals surface area contributed by atoms with Crippen molar-refractivity contribution in [2.24, 2.45) is 11.3 Å². The Morgan fingerprint density at radius 3 is 2.08 bits per heavy atom. The zero-order valence-electron chi connectivity index (χ0n) is 8.92. The van der Waals surface area contributed by atoms with Gasteiger partial charge in [0.25, 0.3) is 0 Å². The molecule has 0 aromatic carbocycles. The lowest BCUT2D eigenvalue weighted by atomic mass is 9.82. The zero-order valence-corrected chi connectivity index (χ0v) is 8.92. The molecule has 0 amide bonds. The molecule has 2 N–H and O–H groups in total. The maximum Gasteiger partial charge on any atom is 0.0566 e. The van der Waals surface area contributed by atoms with Gasteiger partial charge in [0.2, 0.25) is 0 Å². The van der Waals surface area contributed by atoms with Crippen LogP contribution in [0.25, 0.3) is 0 Å². The van der Waals surface area contributed by atoms with Crippen LogP contribution in [0.1, 0.15) is 27.2 Å². The Hall–Kier alpha value is -0.120. The van der Waals surface area contributed by atoms with Crippen LogP contribution in [0.2, 0.25) is 0 Å². The molecule has 0 radical (unpaired) electrons. The highest BCUT2D eigenvalue weighted by Gasteiger charge is 2.29. The normalized spacial score (nSPS) is 12.5. The van der Waals surface area contributed by atoms with Crippen LogP contribution in [0.5, 0.6) is 0 Å². The lowest BCUT2D eigenvalue weighted by molar-refractivity contribution is -0.0363. The Bertz CT molecular complexity index is 119. The molecule has 0 saturated carbocycles. The third kappa shape index (κ3) is 4.60. The molecule has 0 bridgehead atoms. The SMILES string of the molecule is CCOCC(CO)(CO)CC(C)C. The standard InChI is InChI=1S/C10H22O3/c1-4-13-8-10(6-11,7-12)5-9(2)3/h9,11-12H,4-8H2,1-3H3. The molecular formula is C10H22O3. The van der Waals surface area contributed by atoms with Gasteiger partial charge in [0.15, 0.2) is 0 Å². The highest BCUT2D eigenvalue weighted by molar-refractivity contribution is 4.78. The molecule has 3 heteroatoms. The molecule has 0 aliphatic carbocycles. The summed E-state index contributed by atoms with van der Waals surface area (Å²) in [5.41, 5.74) is -0.454. The van der Waals surface area contributed by atoms with Gasteiger partial charge in [0.05, 0.1) is 19.8 Å². The van der Waals surface area contributed by atoms with Crippen molar-refractivity contribution in [3.63, 3.8) is 0 Å². The van der Waals surface area contributed by atoms with Crippen LogP contribution >= 0.6 is 0 Å². The van der Waals surface area contributed by atoms with E-state index >= 15 is 0 Å². The molecular weight excluding hydrogens is 168 g/mol. The topological polar surface area (TPSA) is 49.7 Å². The number of aliphatic hydroxyl groups is 2. The predicted molar refractivity (Wildman–Crippen MR) is 52.6 cm³/mol. The fraction of sp³-hybridized carbons (Fsp3) is 1.00. The van der Waals surface area contributed by atoms with Crippen LogP contribution in [0.4, 0.5) is 0 Å². The lowest BCUT2D eigenvalue weighted by Gasteiger charge is -2.30. The summed E-state index contributed by atoms with van der Waals surface area (Å²) in [5, 5.41) is 18.4. The van der Waals surface area contributed by atoms with Gasteiger partial charge in [0.1, 0.15) is 0 Å². The first-order valence-corrected chi connectivity index (χ1v) is 4.89. The number of hydrogen-bond donors (Lipinski definition) is 2. The quantitative estimate of drug-likeness (QED) is 0.630. The first-order valence-electron chi connectivity index (χ1n) is 4.89. The average Bonchev–Trinajstić information content (AvgIpc) is 2.12. The van der Waals surface area contributed by atoms with E-state index in [0.717, 1.165) is 6.42 Å². The molecule has 0 unspecified atom stereocenters. The third-order valence-corrected chi connectivity index (χ3v) is 2.12. The molecule has 80 valence electrons. The Labute approximate surface area is 80.7 Å². The van der Waals surface area contributed by atoms with E-state index in [4.69, 9.17) is 4.74 Å². The maximum atomic E-state index is 9.21. The van der Waals surface area contributed by atoms with Gasteiger partial charge < -0.3 is 14.9 Å². The summed E-state index contributed by atoms with van der Waals surface area (Å²) in [4.78, 5) is 0. The van der Waals surface area contributed by atoms with Crippen molar-refractivity contribution in [2.45, 2.75) is 27.2 Å². The molecule has 0 aromatic rings. The highest BCUT2D eigenvalue weighted by atomic mass is 16.5. The summed E-state index contributed by atoms with van der Waals surface area (Å²) in [7, 11) is 0. The summed E-state index contributed by atoms with van der Waals surface area (Å²) < 4.78 is 5.26. The van der Waals surface area contributed by atoms with Crippen LogP contribution in [-0.2, 0) is 4.74 Å². The monoisotopic (exact) mass is 190 g/mol. The molecule has 0 spiro atoms. The van der Waals surface area contributed by atoms with Gasteiger partial charge in [-0.25, -0.2) is 0 Å². The van der Waals surface area contributed by atoms with Gasteiger partial charge in [-0.05, 0) is 19.3 Å². The summed E-state index contributed by atoms with van der Waals surface area (Å²) in [5.74, 6) is 0.458. The van der Waals surface area contributed by atoms with Crippen molar-refractivity contribution in [3.05, 3.63) is 0 Å². The van der Waals surface area contributed by atoms with Crippen molar-refractivity contribution in [1.29, 1.82) is 0 Å². The van der Waals surface area contributed by atoms with Crippen LogP contribution in [0, 0.1) is 11.3 Å². The van der Waals surface area contributed by atoms with E-state index in [0.29, 0.717) is 19.1 Å². The second-order valence-corrected chi connectivity index (χ2v) is 4.05. The third-order valence-electron chi connectivity index (χ3n) is 2.12.